The molecular formula is C28H29N3O2S. The van der Waals surface area contributed by atoms with E-state index in [2.05, 4.69) is 53.7 Å². The fraction of sp³-hybridized carbons (Fsp3) is 0.286. The normalized spacial score (nSPS) is 14.0. The third-order valence-corrected chi connectivity index (χ3v) is 7.59. The molecule has 3 heterocycles. The number of aryl methyl sites for hydroxylation is 1. The fourth-order valence-corrected chi connectivity index (χ4v) is 5.88. The number of thiophene rings is 1. The van der Waals surface area contributed by atoms with Crippen LogP contribution in [0.2, 0.25) is 0 Å². The standard InChI is InChI=1S/C28H29N3O2S/c1-18(2)19-12-14-20(15-13-19)26(30-24-11-5-6-16-29-24)25-21-8-3-4-10-23(21)34-28(25)31-27(32)22-9-7-17-33-22/h5-7,9,11-18,26H,3-4,8,10H2,1-2H3,(H,29,30)(H,31,32)/t26-/m1/s1. The summed E-state index contributed by atoms with van der Waals surface area (Å²) in [6, 6.07) is 18.0. The molecule has 34 heavy (non-hydrogen) atoms. The molecular weight excluding hydrogens is 442 g/mol. The second kappa shape index (κ2) is 9.85. The lowest BCUT2D eigenvalue weighted by atomic mass is 9.88. The van der Waals surface area contributed by atoms with Crippen LogP contribution in [0.15, 0.2) is 71.5 Å². The first-order valence-corrected chi connectivity index (χ1v) is 12.7. The summed E-state index contributed by atoms with van der Waals surface area (Å²) in [6.45, 7) is 4.41. The summed E-state index contributed by atoms with van der Waals surface area (Å²) in [5.74, 6) is 1.36. The topological polar surface area (TPSA) is 67.2 Å². The zero-order chi connectivity index (χ0) is 23.5. The zero-order valence-corrected chi connectivity index (χ0v) is 20.3. The smallest absolute Gasteiger partial charge is 0.291 e. The number of aromatic nitrogens is 1. The largest absolute Gasteiger partial charge is 0.459 e. The number of anilines is 2. The molecule has 3 aromatic heterocycles. The summed E-state index contributed by atoms with van der Waals surface area (Å²) in [4.78, 5) is 18.8. The highest BCUT2D eigenvalue weighted by Gasteiger charge is 2.29. The van der Waals surface area contributed by atoms with Crippen molar-refractivity contribution in [3.63, 3.8) is 0 Å². The summed E-state index contributed by atoms with van der Waals surface area (Å²) in [5.41, 5.74) is 4.95. The Morgan fingerprint density at radius 3 is 2.50 bits per heavy atom. The first kappa shape index (κ1) is 22.4. The van der Waals surface area contributed by atoms with Crippen molar-refractivity contribution in [2.45, 2.75) is 51.5 Å². The average molecular weight is 472 g/mol. The highest BCUT2D eigenvalue weighted by Crippen LogP contribution is 2.44. The van der Waals surface area contributed by atoms with Gasteiger partial charge in [0.05, 0.1) is 12.3 Å². The number of hydrogen-bond donors (Lipinski definition) is 2. The van der Waals surface area contributed by atoms with Crippen LogP contribution in [-0.2, 0) is 12.8 Å². The minimum absolute atomic E-state index is 0.138. The molecule has 0 spiro atoms. The molecule has 1 aliphatic carbocycles. The lowest BCUT2D eigenvalue weighted by Gasteiger charge is -2.24. The van der Waals surface area contributed by atoms with Crippen molar-refractivity contribution in [3.8, 4) is 0 Å². The number of hydrogen-bond acceptors (Lipinski definition) is 5. The molecule has 5 nitrogen and oxygen atoms in total. The molecule has 2 N–H and O–H groups in total. The molecule has 1 amide bonds. The van der Waals surface area contributed by atoms with Crippen LogP contribution in [-0.4, -0.2) is 10.9 Å². The van der Waals surface area contributed by atoms with Crippen molar-refractivity contribution < 1.29 is 9.21 Å². The van der Waals surface area contributed by atoms with Crippen LogP contribution in [0.5, 0.6) is 0 Å². The third-order valence-electron chi connectivity index (χ3n) is 6.37. The maximum atomic E-state index is 12.9. The van der Waals surface area contributed by atoms with Crippen LogP contribution in [0.4, 0.5) is 10.8 Å². The van der Waals surface area contributed by atoms with Gasteiger partial charge in [-0.05, 0) is 72.6 Å². The van der Waals surface area contributed by atoms with Gasteiger partial charge in [0.1, 0.15) is 10.8 Å². The summed E-state index contributed by atoms with van der Waals surface area (Å²) >= 11 is 1.70. The first-order chi connectivity index (χ1) is 16.6. The number of benzene rings is 1. The van der Waals surface area contributed by atoms with E-state index in [1.807, 2.05) is 18.2 Å². The second-order valence-corrected chi connectivity index (χ2v) is 10.1. The molecule has 174 valence electrons. The predicted molar refractivity (Wildman–Crippen MR) is 138 cm³/mol. The zero-order valence-electron chi connectivity index (χ0n) is 19.5. The van der Waals surface area contributed by atoms with Gasteiger partial charge in [-0.15, -0.1) is 11.3 Å². The molecule has 0 unspecified atom stereocenters. The lowest BCUT2D eigenvalue weighted by molar-refractivity contribution is 0.0997. The molecule has 1 atom stereocenters. The number of furan rings is 1. The second-order valence-electron chi connectivity index (χ2n) is 9.00. The van der Waals surface area contributed by atoms with Crippen molar-refractivity contribution in [2.24, 2.45) is 0 Å². The molecule has 0 bridgehead atoms. The fourth-order valence-electron chi connectivity index (χ4n) is 4.55. The van der Waals surface area contributed by atoms with Crippen LogP contribution in [0.1, 0.15) is 76.3 Å². The summed E-state index contributed by atoms with van der Waals surface area (Å²) in [5, 5.41) is 7.71. The van der Waals surface area contributed by atoms with E-state index in [4.69, 9.17) is 4.42 Å². The molecule has 1 aromatic carbocycles. The van der Waals surface area contributed by atoms with Crippen molar-refractivity contribution in [1.82, 2.24) is 4.98 Å². The quantitative estimate of drug-likeness (QED) is 0.299. The van der Waals surface area contributed by atoms with E-state index in [0.29, 0.717) is 11.7 Å². The van der Waals surface area contributed by atoms with E-state index in [1.165, 1.54) is 28.7 Å². The highest BCUT2D eigenvalue weighted by molar-refractivity contribution is 7.16. The summed E-state index contributed by atoms with van der Waals surface area (Å²) in [7, 11) is 0. The Labute approximate surface area is 204 Å². The van der Waals surface area contributed by atoms with E-state index in [0.717, 1.165) is 41.2 Å². The molecule has 5 rings (SSSR count). The first-order valence-electron chi connectivity index (χ1n) is 11.9. The Hall–Kier alpha value is -3.38. The van der Waals surface area contributed by atoms with Crippen molar-refractivity contribution in [3.05, 3.63) is 99.9 Å². The summed E-state index contributed by atoms with van der Waals surface area (Å²) in [6.07, 6.45) is 7.72. The number of amides is 1. The molecule has 0 saturated carbocycles. The minimum Gasteiger partial charge on any atom is -0.459 e. The van der Waals surface area contributed by atoms with Crippen LogP contribution in [0.25, 0.3) is 0 Å². The number of pyridine rings is 1. The average Bonchev–Trinajstić information content (AvgIpc) is 3.52. The van der Waals surface area contributed by atoms with Gasteiger partial charge in [-0.25, -0.2) is 4.98 Å². The third kappa shape index (κ3) is 4.64. The number of nitrogens with one attached hydrogen (secondary N) is 2. The monoisotopic (exact) mass is 471 g/mol. The van der Waals surface area contributed by atoms with Gasteiger partial charge in [0.15, 0.2) is 5.76 Å². The molecule has 0 aliphatic heterocycles. The van der Waals surface area contributed by atoms with Gasteiger partial charge < -0.3 is 15.1 Å². The lowest BCUT2D eigenvalue weighted by Crippen LogP contribution is -2.18. The van der Waals surface area contributed by atoms with Crippen molar-refractivity contribution >= 4 is 28.1 Å². The Bertz CT molecular complexity index is 1250. The van der Waals surface area contributed by atoms with Gasteiger partial charge in [0, 0.05) is 16.6 Å². The number of carbonyl (C=O) groups excluding carboxylic acids is 1. The molecule has 4 aromatic rings. The Balaban J connectivity index is 1.60. The molecule has 0 radical (unpaired) electrons. The molecule has 0 fully saturated rings. The van der Waals surface area contributed by atoms with Crippen LogP contribution < -0.4 is 10.6 Å². The van der Waals surface area contributed by atoms with Crippen LogP contribution in [0, 0.1) is 0 Å². The minimum atomic E-state index is -0.225. The van der Waals surface area contributed by atoms with Crippen LogP contribution >= 0.6 is 11.3 Å². The predicted octanol–water partition coefficient (Wildman–Crippen LogP) is 7.19. The number of carbonyl (C=O) groups is 1. The maximum absolute atomic E-state index is 12.9. The Morgan fingerprint density at radius 2 is 1.79 bits per heavy atom. The van der Waals surface area contributed by atoms with E-state index in [-0.39, 0.29) is 11.9 Å². The van der Waals surface area contributed by atoms with E-state index in [9.17, 15) is 4.79 Å². The van der Waals surface area contributed by atoms with Gasteiger partial charge in [0.2, 0.25) is 0 Å². The van der Waals surface area contributed by atoms with E-state index < -0.39 is 0 Å². The Kier molecular flexibility index (Phi) is 6.50. The van der Waals surface area contributed by atoms with Gasteiger partial charge in [-0.2, -0.15) is 0 Å². The van der Waals surface area contributed by atoms with Gasteiger partial charge >= 0.3 is 0 Å². The number of rotatable bonds is 7. The van der Waals surface area contributed by atoms with Gasteiger partial charge in [0.25, 0.3) is 5.91 Å². The molecule has 0 saturated heterocycles. The van der Waals surface area contributed by atoms with Gasteiger partial charge in [-0.1, -0.05) is 44.2 Å². The summed E-state index contributed by atoms with van der Waals surface area (Å²) < 4.78 is 5.35. The molecule has 6 heteroatoms. The number of fused-ring (bicyclic) bond motifs is 1. The Morgan fingerprint density at radius 1 is 1.00 bits per heavy atom. The highest BCUT2D eigenvalue weighted by atomic mass is 32.1. The maximum Gasteiger partial charge on any atom is 0.291 e. The molecule has 1 aliphatic rings. The SMILES string of the molecule is CC(C)c1ccc([C@@H](Nc2ccccn2)c2c(NC(=O)c3ccco3)sc3c2CCCC3)cc1. The van der Waals surface area contributed by atoms with Crippen molar-refractivity contribution in [1.29, 1.82) is 0 Å². The van der Waals surface area contributed by atoms with E-state index >= 15 is 0 Å². The number of nitrogens with zero attached hydrogens (tertiary/aromatic N) is 1. The van der Waals surface area contributed by atoms with Crippen LogP contribution in [0.3, 0.4) is 0 Å². The van der Waals surface area contributed by atoms with Gasteiger partial charge in [-0.3, -0.25) is 4.79 Å². The van der Waals surface area contributed by atoms with E-state index in [1.54, 1.807) is 29.7 Å². The van der Waals surface area contributed by atoms with Crippen molar-refractivity contribution in [2.75, 3.05) is 10.6 Å².